The number of hydrogen-bond donors (Lipinski definition) is 1. The predicted molar refractivity (Wildman–Crippen MR) is 82.6 cm³/mol. The van der Waals surface area contributed by atoms with E-state index >= 15 is 0 Å². The molecular formula is C15H16ClN3O3. The Hall–Kier alpha value is -2.34. The number of aromatic nitrogens is 1. The number of halogens is 1. The molecule has 0 radical (unpaired) electrons. The van der Waals surface area contributed by atoms with E-state index in [9.17, 15) is 9.59 Å². The molecule has 2 aromatic rings. The van der Waals surface area contributed by atoms with Crippen LogP contribution in [0.15, 0.2) is 34.9 Å². The Morgan fingerprint density at radius 2 is 2.05 bits per heavy atom. The number of hydrogen-bond acceptors (Lipinski definition) is 4. The summed E-state index contributed by atoms with van der Waals surface area (Å²) in [7, 11) is 3.24. The lowest BCUT2D eigenvalue weighted by Crippen LogP contribution is -2.44. The van der Waals surface area contributed by atoms with Gasteiger partial charge in [0.05, 0.1) is 0 Å². The van der Waals surface area contributed by atoms with Crippen LogP contribution in [0, 0.1) is 0 Å². The third kappa shape index (κ3) is 3.65. The lowest BCUT2D eigenvalue weighted by atomic mass is 10.1. The first-order chi connectivity index (χ1) is 10.4. The van der Waals surface area contributed by atoms with E-state index in [2.05, 4.69) is 10.5 Å². The molecule has 1 atom stereocenters. The maximum Gasteiger partial charge on any atom is 0.290 e. The topological polar surface area (TPSA) is 75.4 Å². The van der Waals surface area contributed by atoms with Gasteiger partial charge in [0.25, 0.3) is 5.91 Å². The Kier molecular flexibility index (Phi) is 4.82. The number of nitrogens with zero attached hydrogens (tertiary/aromatic N) is 2. The predicted octanol–water partition coefficient (Wildman–Crippen LogP) is 2.20. The van der Waals surface area contributed by atoms with Crippen molar-refractivity contribution in [3.63, 3.8) is 0 Å². The van der Waals surface area contributed by atoms with Gasteiger partial charge in [0, 0.05) is 30.7 Å². The molecule has 0 spiro atoms. The van der Waals surface area contributed by atoms with Crippen LogP contribution in [0.2, 0.25) is 5.02 Å². The molecule has 116 valence electrons. The Labute approximate surface area is 133 Å². The normalized spacial score (nSPS) is 11.8. The van der Waals surface area contributed by atoms with Crippen LogP contribution in [0.25, 0.3) is 11.3 Å². The number of amides is 2. The first kappa shape index (κ1) is 16.0. The summed E-state index contributed by atoms with van der Waals surface area (Å²) in [4.78, 5) is 25.2. The van der Waals surface area contributed by atoms with E-state index in [1.807, 2.05) is 6.07 Å². The summed E-state index contributed by atoms with van der Waals surface area (Å²) >= 11 is 5.92. The van der Waals surface area contributed by atoms with Crippen molar-refractivity contribution in [3.05, 3.63) is 41.1 Å². The van der Waals surface area contributed by atoms with Gasteiger partial charge in [0.2, 0.25) is 11.7 Å². The molecule has 0 aliphatic heterocycles. The molecule has 7 heteroatoms. The summed E-state index contributed by atoms with van der Waals surface area (Å²) in [6.07, 6.45) is 0. The highest BCUT2D eigenvalue weighted by Gasteiger charge is 2.21. The van der Waals surface area contributed by atoms with Crippen LogP contribution in [0.1, 0.15) is 17.5 Å². The van der Waals surface area contributed by atoms with Gasteiger partial charge in [0.15, 0.2) is 0 Å². The van der Waals surface area contributed by atoms with Crippen molar-refractivity contribution >= 4 is 23.4 Å². The van der Waals surface area contributed by atoms with Gasteiger partial charge in [-0.05, 0) is 19.1 Å². The van der Waals surface area contributed by atoms with Gasteiger partial charge in [-0.15, -0.1) is 0 Å². The molecule has 1 aromatic heterocycles. The third-order valence-corrected chi connectivity index (χ3v) is 3.25. The average Bonchev–Trinajstić information content (AvgIpc) is 2.96. The molecule has 0 saturated heterocycles. The quantitative estimate of drug-likeness (QED) is 0.936. The molecule has 0 aliphatic rings. The molecular weight excluding hydrogens is 306 g/mol. The number of rotatable bonds is 4. The largest absolute Gasteiger partial charge is 0.350 e. The molecule has 1 heterocycles. The van der Waals surface area contributed by atoms with Gasteiger partial charge in [-0.25, -0.2) is 0 Å². The first-order valence-corrected chi connectivity index (χ1v) is 7.01. The third-order valence-electron chi connectivity index (χ3n) is 3.01. The molecule has 2 rings (SSSR count). The zero-order chi connectivity index (χ0) is 16.3. The smallest absolute Gasteiger partial charge is 0.290 e. The fraction of sp³-hybridized carbons (Fsp3) is 0.267. The molecule has 22 heavy (non-hydrogen) atoms. The van der Waals surface area contributed by atoms with E-state index in [1.54, 1.807) is 39.2 Å². The summed E-state index contributed by atoms with van der Waals surface area (Å²) in [5.74, 6) is -0.667. The Bertz CT molecular complexity index is 697. The first-order valence-electron chi connectivity index (χ1n) is 6.63. The molecule has 0 saturated carbocycles. The van der Waals surface area contributed by atoms with Crippen molar-refractivity contribution in [2.24, 2.45) is 0 Å². The van der Waals surface area contributed by atoms with Crippen molar-refractivity contribution < 1.29 is 14.1 Å². The minimum atomic E-state index is -0.651. The van der Waals surface area contributed by atoms with Gasteiger partial charge in [-0.1, -0.05) is 28.9 Å². The Morgan fingerprint density at radius 1 is 1.32 bits per heavy atom. The Morgan fingerprint density at radius 3 is 2.68 bits per heavy atom. The number of benzene rings is 1. The van der Waals surface area contributed by atoms with Gasteiger partial charge < -0.3 is 14.7 Å². The van der Waals surface area contributed by atoms with Crippen LogP contribution in [0.5, 0.6) is 0 Å². The average molecular weight is 322 g/mol. The maximum absolute atomic E-state index is 12.1. The highest BCUT2D eigenvalue weighted by molar-refractivity contribution is 6.30. The van der Waals surface area contributed by atoms with E-state index in [1.165, 1.54) is 11.0 Å². The van der Waals surface area contributed by atoms with Crippen molar-refractivity contribution in [2.75, 3.05) is 14.1 Å². The highest BCUT2D eigenvalue weighted by atomic mass is 35.5. The van der Waals surface area contributed by atoms with Crippen LogP contribution in [-0.4, -0.2) is 42.0 Å². The summed E-state index contributed by atoms with van der Waals surface area (Å²) < 4.78 is 5.03. The monoisotopic (exact) mass is 321 g/mol. The second-order valence-electron chi connectivity index (χ2n) is 5.01. The van der Waals surface area contributed by atoms with Gasteiger partial charge in [-0.2, -0.15) is 0 Å². The zero-order valence-electron chi connectivity index (χ0n) is 12.5. The summed E-state index contributed by atoms with van der Waals surface area (Å²) in [5.41, 5.74) is 1.24. The van der Waals surface area contributed by atoms with Crippen LogP contribution < -0.4 is 5.32 Å². The van der Waals surface area contributed by atoms with Crippen LogP contribution in [-0.2, 0) is 4.79 Å². The van der Waals surface area contributed by atoms with Crippen LogP contribution in [0.3, 0.4) is 0 Å². The lowest BCUT2D eigenvalue weighted by Gasteiger charge is -2.17. The fourth-order valence-corrected chi connectivity index (χ4v) is 2.07. The molecule has 0 aliphatic carbocycles. The molecule has 1 N–H and O–H groups in total. The van der Waals surface area contributed by atoms with Crippen LogP contribution >= 0.6 is 11.6 Å². The standard InChI is InChI=1S/C15H16ClN3O3/c1-9(15(21)19(2)3)17-14(20)13-8-12(18-22-13)10-5-4-6-11(16)7-10/h4-9H,1-3H3,(H,17,20)/t9-/m0/s1. The number of carbonyl (C=O) groups is 2. The van der Waals surface area contributed by atoms with E-state index in [0.29, 0.717) is 10.7 Å². The minimum Gasteiger partial charge on any atom is -0.350 e. The van der Waals surface area contributed by atoms with Crippen molar-refractivity contribution in [3.8, 4) is 11.3 Å². The second-order valence-corrected chi connectivity index (χ2v) is 5.45. The lowest BCUT2D eigenvalue weighted by molar-refractivity contribution is -0.130. The number of nitrogens with one attached hydrogen (secondary N) is 1. The molecule has 2 amide bonds. The summed E-state index contributed by atoms with van der Waals surface area (Å²) in [5, 5.41) is 6.98. The van der Waals surface area contributed by atoms with Gasteiger partial charge in [0.1, 0.15) is 11.7 Å². The van der Waals surface area contributed by atoms with Gasteiger partial charge >= 0.3 is 0 Å². The Balaban J connectivity index is 2.11. The zero-order valence-corrected chi connectivity index (χ0v) is 13.2. The number of likely N-dealkylation sites (N-methyl/N-ethyl adjacent to an activating group) is 1. The molecule has 1 aromatic carbocycles. The van der Waals surface area contributed by atoms with E-state index in [4.69, 9.17) is 16.1 Å². The van der Waals surface area contributed by atoms with Crippen molar-refractivity contribution in [1.29, 1.82) is 0 Å². The van der Waals surface area contributed by atoms with Crippen molar-refractivity contribution in [1.82, 2.24) is 15.4 Å². The summed E-state index contributed by atoms with van der Waals surface area (Å²) in [6.45, 7) is 1.61. The minimum absolute atomic E-state index is 0.0355. The van der Waals surface area contributed by atoms with E-state index < -0.39 is 11.9 Å². The molecule has 6 nitrogen and oxygen atoms in total. The highest BCUT2D eigenvalue weighted by Crippen LogP contribution is 2.22. The fourth-order valence-electron chi connectivity index (χ4n) is 1.88. The van der Waals surface area contributed by atoms with E-state index in [-0.39, 0.29) is 11.7 Å². The van der Waals surface area contributed by atoms with E-state index in [0.717, 1.165) is 5.56 Å². The maximum atomic E-state index is 12.1. The van der Waals surface area contributed by atoms with Crippen molar-refractivity contribution in [2.45, 2.75) is 13.0 Å². The SMILES string of the molecule is C[C@H](NC(=O)c1cc(-c2cccc(Cl)c2)no1)C(=O)N(C)C. The summed E-state index contributed by atoms with van der Waals surface area (Å²) in [6, 6.07) is 7.91. The molecule has 0 bridgehead atoms. The molecule has 0 fully saturated rings. The molecule has 0 unspecified atom stereocenters. The van der Waals surface area contributed by atoms with Gasteiger partial charge in [-0.3, -0.25) is 9.59 Å². The van der Waals surface area contributed by atoms with Crippen LogP contribution in [0.4, 0.5) is 0 Å². The second kappa shape index (κ2) is 6.62. The number of carbonyl (C=O) groups excluding carboxylic acids is 2.